The number of ether oxygens (including phenoxy) is 1. The summed E-state index contributed by atoms with van der Waals surface area (Å²) in [5.41, 5.74) is 4.10. The molecular formula is C29H27F2N5O4. The number of anilines is 1. The van der Waals surface area contributed by atoms with E-state index < -0.39 is 18.7 Å². The predicted molar refractivity (Wildman–Crippen MR) is 140 cm³/mol. The molecule has 40 heavy (non-hydrogen) atoms. The zero-order chi connectivity index (χ0) is 27.5. The highest BCUT2D eigenvalue weighted by Gasteiger charge is 2.46. The number of aliphatic hydroxyl groups excluding tert-OH is 1. The number of pyridine rings is 1. The Labute approximate surface area is 228 Å². The van der Waals surface area contributed by atoms with Crippen molar-refractivity contribution in [2.75, 3.05) is 18.0 Å². The van der Waals surface area contributed by atoms with E-state index in [0.717, 1.165) is 29.7 Å². The molecule has 0 spiro atoms. The number of aromatic nitrogens is 4. The van der Waals surface area contributed by atoms with Gasteiger partial charge in [-0.2, -0.15) is 8.78 Å². The Bertz CT molecular complexity index is 1580. The van der Waals surface area contributed by atoms with E-state index in [9.17, 15) is 23.8 Å². The van der Waals surface area contributed by atoms with E-state index in [0.29, 0.717) is 42.4 Å². The number of alkyl halides is 2. The van der Waals surface area contributed by atoms with Gasteiger partial charge >= 0.3 is 12.6 Å². The number of carboxylic acids is 1. The van der Waals surface area contributed by atoms with E-state index in [1.54, 1.807) is 30.6 Å². The summed E-state index contributed by atoms with van der Waals surface area (Å²) in [7, 11) is 0. The van der Waals surface area contributed by atoms with Gasteiger partial charge in [-0.05, 0) is 49.3 Å². The lowest BCUT2D eigenvalue weighted by Crippen LogP contribution is -2.45. The number of carbonyl (C=O) groups is 1. The quantitative estimate of drug-likeness (QED) is 0.363. The Kier molecular flexibility index (Phi) is 5.92. The second-order valence-electron chi connectivity index (χ2n) is 10.9. The summed E-state index contributed by atoms with van der Waals surface area (Å²) in [5.74, 6) is -0.464. The van der Waals surface area contributed by atoms with Crippen LogP contribution in [0.5, 0.6) is 5.75 Å². The van der Waals surface area contributed by atoms with Crippen LogP contribution < -0.4 is 9.64 Å². The molecule has 0 amide bonds. The molecule has 0 unspecified atom stereocenters. The molecule has 7 rings (SSSR count). The highest BCUT2D eigenvalue weighted by atomic mass is 19.3. The number of benzene rings is 1. The van der Waals surface area contributed by atoms with Gasteiger partial charge in [-0.1, -0.05) is 18.2 Å². The number of hydrogen-bond donors (Lipinski definition) is 2. The maximum Gasteiger partial charge on any atom is 0.387 e. The molecule has 206 valence electrons. The van der Waals surface area contributed by atoms with Gasteiger partial charge in [0.25, 0.3) is 0 Å². The first-order valence-electron chi connectivity index (χ1n) is 13.4. The summed E-state index contributed by atoms with van der Waals surface area (Å²) in [5, 5.41) is 20.4. The van der Waals surface area contributed by atoms with Gasteiger partial charge in [-0.15, -0.1) is 0 Å². The number of hydrogen-bond acceptors (Lipinski definition) is 7. The summed E-state index contributed by atoms with van der Waals surface area (Å²) in [6.45, 7) is -1.68. The molecule has 3 aliphatic rings. The number of halogens is 2. The molecule has 1 aromatic carbocycles. The van der Waals surface area contributed by atoms with Crippen molar-refractivity contribution in [1.82, 2.24) is 19.4 Å². The number of fused-ring (bicyclic) bond motifs is 5. The van der Waals surface area contributed by atoms with E-state index in [1.807, 2.05) is 22.7 Å². The van der Waals surface area contributed by atoms with Gasteiger partial charge in [0.05, 0.1) is 23.4 Å². The first-order valence-corrected chi connectivity index (χ1v) is 13.4. The molecule has 0 radical (unpaired) electrons. The molecule has 3 aromatic heterocycles. The molecule has 9 nitrogen and oxygen atoms in total. The molecule has 5 atom stereocenters. The molecule has 4 heterocycles. The number of rotatable bonds is 6. The lowest BCUT2D eigenvalue weighted by atomic mass is 9.85. The van der Waals surface area contributed by atoms with Gasteiger partial charge < -0.3 is 24.3 Å². The normalized spacial score (nSPS) is 25.5. The van der Waals surface area contributed by atoms with Crippen molar-refractivity contribution >= 4 is 17.6 Å². The fourth-order valence-corrected chi connectivity index (χ4v) is 6.96. The fraction of sp³-hybridized carbons (Fsp3) is 0.379. The minimum atomic E-state index is -2.96. The van der Waals surface area contributed by atoms with Crippen LogP contribution in [-0.2, 0) is 4.79 Å². The number of piperidine rings is 1. The van der Waals surface area contributed by atoms with Crippen LogP contribution in [0.3, 0.4) is 0 Å². The van der Waals surface area contributed by atoms with Crippen LogP contribution in [0.15, 0.2) is 55.0 Å². The monoisotopic (exact) mass is 547 g/mol. The van der Waals surface area contributed by atoms with Crippen LogP contribution in [0.4, 0.5) is 14.7 Å². The zero-order valence-electron chi connectivity index (χ0n) is 21.4. The average Bonchev–Trinajstić information content (AvgIpc) is 3.57. The second-order valence-corrected chi connectivity index (χ2v) is 10.9. The smallest absolute Gasteiger partial charge is 0.387 e. The number of aliphatic carboxylic acids is 1. The van der Waals surface area contributed by atoms with Crippen LogP contribution in [0, 0.1) is 17.8 Å². The summed E-state index contributed by atoms with van der Waals surface area (Å²) in [6, 6.07) is 10.4. The summed E-state index contributed by atoms with van der Waals surface area (Å²) >= 11 is 0. The summed E-state index contributed by atoms with van der Waals surface area (Å²) < 4.78 is 32.9. The van der Waals surface area contributed by atoms with Crippen molar-refractivity contribution in [2.45, 2.75) is 37.9 Å². The van der Waals surface area contributed by atoms with Gasteiger partial charge in [-0.3, -0.25) is 4.79 Å². The molecule has 2 bridgehead atoms. The number of nitrogens with zero attached hydrogens (tertiary/aromatic N) is 5. The first kappa shape index (κ1) is 24.9. The van der Waals surface area contributed by atoms with Crippen LogP contribution in [0.1, 0.15) is 48.2 Å². The molecule has 2 aliphatic carbocycles. The Balaban J connectivity index is 1.20. The Hall–Kier alpha value is -4.12. The molecule has 1 aliphatic heterocycles. The molecule has 2 N–H and O–H groups in total. The Morgan fingerprint density at radius 1 is 1.02 bits per heavy atom. The number of carboxylic acid groups (broad SMARTS) is 1. The van der Waals surface area contributed by atoms with Gasteiger partial charge in [-0.25, -0.2) is 15.0 Å². The third-order valence-electron chi connectivity index (χ3n) is 8.67. The second kappa shape index (κ2) is 9.51. The molecule has 2 fully saturated rings. The predicted octanol–water partition coefficient (Wildman–Crippen LogP) is 4.51. The summed E-state index contributed by atoms with van der Waals surface area (Å²) in [6.07, 6.45) is 6.73. The van der Waals surface area contributed by atoms with E-state index in [-0.39, 0.29) is 29.4 Å². The van der Waals surface area contributed by atoms with Crippen molar-refractivity contribution in [3.05, 3.63) is 71.9 Å². The van der Waals surface area contributed by atoms with Crippen LogP contribution in [-0.4, -0.2) is 55.2 Å². The summed E-state index contributed by atoms with van der Waals surface area (Å²) in [4.78, 5) is 27.6. The van der Waals surface area contributed by atoms with Crippen molar-refractivity contribution < 1.29 is 28.5 Å². The van der Waals surface area contributed by atoms with Crippen LogP contribution >= 0.6 is 0 Å². The zero-order valence-corrected chi connectivity index (χ0v) is 21.4. The van der Waals surface area contributed by atoms with Crippen molar-refractivity contribution in [1.29, 1.82) is 0 Å². The van der Waals surface area contributed by atoms with E-state index >= 15 is 0 Å². The fourth-order valence-electron chi connectivity index (χ4n) is 6.96. The minimum absolute atomic E-state index is 0.0819. The van der Waals surface area contributed by atoms with Gasteiger partial charge in [0.2, 0.25) is 5.95 Å². The molecule has 11 heteroatoms. The SMILES string of the molecule is O=C(O)[C@@H]1[C@@H]2CC[C@H]1CN(c1ncc(-c3ccc4nc5c(n4c3)[C@H](c3ccccc3OC(F)F)C[C@@H]5O)cn1)C2. The van der Waals surface area contributed by atoms with E-state index in [1.165, 1.54) is 6.07 Å². The van der Waals surface area contributed by atoms with Crippen molar-refractivity contribution in [3.63, 3.8) is 0 Å². The molecule has 4 aromatic rings. The van der Waals surface area contributed by atoms with Gasteiger partial charge in [0.1, 0.15) is 11.4 Å². The maximum atomic E-state index is 13.1. The third kappa shape index (κ3) is 4.07. The highest BCUT2D eigenvalue weighted by Crippen LogP contribution is 2.47. The van der Waals surface area contributed by atoms with E-state index in [4.69, 9.17) is 4.74 Å². The topological polar surface area (TPSA) is 113 Å². The number of imidazole rings is 1. The van der Waals surface area contributed by atoms with Gasteiger partial charge in [0.15, 0.2) is 0 Å². The molecule has 1 saturated carbocycles. The number of para-hydroxylation sites is 1. The van der Waals surface area contributed by atoms with Crippen molar-refractivity contribution in [3.8, 4) is 16.9 Å². The van der Waals surface area contributed by atoms with Crippen molar-refractivity contribution in [2.24, 2.45) is 17.8 Å². The molecule has 1 saturated heterocycles. The standard InChI is InChI=1S/C29H27F2N5O4/c30-28(31)40-22-4-2-1-3-19(22)20-9-21(37)25-26(20)36-14-15(7-8-23(36)34-25)18-10-32-29(33-11-18)35-12-16-5-6-17(13-35)24(16)27(38)39/h1-4,7-8,10-11,14,16-17,20-21,24,28,37H,5-6,9,12-13H2,(H,38,39)/t16-,17+,20-,21-,24-/m0/s1. The average molecular weight is 548 g/mol. The third-order valence-corrected chi connectivity index (χ3v) is 8.67. The maximum absolute atomic E-state index is 13.1. The lowest BCUT2D eigenvalue weighted by Gasteiger charge is -2.35. The first-order chi connectivity index (χ1) is 19.4. The minimum Gasteiger partial charge on any atom is -0.481 e. The molecular weight excluding hydrogens is 520 g/mol. The Morgan fingerprint density at radius 3 is 2.45 bits per heavy atom. The highest BCUT2D eigenvalue weighted by molar-refractivity contribution is 5.72. The Morgan fingerprint density at radius 2 is 1.75 bits per heavy atom. The van der Waals surface area contributed by atoms with Gasteiger partial charge in [0, 0.05) is 54.3 Å². The van der Waals surface area contributed by atoms with Crippen LogP contribution in [0.25, 0.3) is 16.8 Å². The number of aliphatic hydroxyl groups is 1. The lowest BCUT2D eigenvalue weighted by molar-refractivity contribution is -0.144. The largest absolute Gasteiger partial charge is 0.481 e. The van der Waals surface area contributed by atoms with Crippen LogP contribution in [0.2, 0.25) is 0 Å². The van der Waals surface area contributed by atoms with E-state index in [2.05, 4.69) is 19.9 Å².